The number of ketones is 1. The summed E-state index contributed by atoms with van der Waals surface area (Å²) in [6, 6.07) is 10.7. The molecule has 0 aliphatic heterocycles. The van der Waals surface area contributed by atoms with Gasteiger partial charge in [-0.25, -0.2) is 4.98 Å². The molecule has 5 heteroatoms. The van der Waals surface area contributed by atoms with Crippen molar-refractivity contribution >= 4 is 27.3 Å². The van der Waals surface area contributed by atoms with Crippen LogP contribution in [0, 0.1) is 0 Å². The maximum Gasteiger partial charge on any atom is 0.271 e. The number of thiophene rings is 1. The standard InChI is InChI=1S/C14H10N2O2S/c17-12(10-4-2-1-3-5-10)8-16-9-15-11-6-7-19-13(11)14(16)18/h1-7,9H,8H2. The van der Waals surface area contributed by atoms with E-state index < -0.39 is 0 Å². The predicted octanol–water partition coefficient (Wildman–Crippen LogP) is 2.34. The van der Waals surface area contributed by atoms with Crippen molar-refractivity contribution in [3.05, 3.63) is 64.0 Å². The van der Waals surface area contributed by atoms with E-state index in [1.807, 2.05) is 11.4 Å². The summed E-state index contributed by atoms with van der Waals surface area (Å²) in [6.45, 7) is 0.0175. The lowest BCUT2D eigenvalue weighted by molar-refractivity contribution is 0.0970. The second kappa shape index (κ2) is 4.78. The Hall–Kier alpha value is -2.27. The Morgan fingerprint density at radius 3 is 2.79 bits per heavy atom. The van der Waals surface area contributed by atoms with Crippen LogP contribution in [0.4, 0.5) is 0 Å². The number of carbonyl (C=O) groups excluding carboxylic acids is 1. The van der Waals surface area contributed by atoms with E-state index in [-0.39, 0.29) is 17.9 Å². The molecule has 0 fully saturated rings. The van der Waals surface area contributed by atoms with Gasteiger partial charge in [0.1, 0.15) is 4.70 Å². The summed E-state index contributed by atoms with van der Waals surface area (Å²) in [6.07, 6.45) is 1.43. The minimum absolute atomic E-state index is 0.0175. The van der Waals surface area contributed by atoms with Gasteiger partial charge in [-0.2, -0.15) is 0 Å². The second-order valence-corrected chi connectivity index (χ2v) is 5.02. The maximum atomic E-state index is 12.1. The molecule has 0 amide bonds. The molecule has 3 aromatic rings. The van der Waals surface area contributed by atoms with Crippen molar-refractivity contribution in [1.82, 2.24) is 9.55 Å². The fourth-order valence-corrected chi connectivity index (χ4v) is 2.65. The molecular formula is C14H10N2O2S. The minimum atomic E-state index is -0.163. The van der Waals surface area contributed by atoms with Crippen LogP contribution in [0.5, 0.6) is 0 Å². The van der Waals surface area contributed by atoms with Crippen LogP contribution in [0.2, 0.25) is 0 Å². The Morgan fingerprint density at radius 1 is 1.21 bits per heavy atom. The van der Waals surface area contributed by atoms with Crippen LogP contribution in [0.25, 0.3) is 10.2 Å². The fraction of sp³-hybridized carbons (Fsp3) is 0.0714. The zero-order chi connectivity index (χ0) is 13.2. The normalized spacial score (nSPS) is 10.7. The van der Waals surface area contributed by atoms with Crippen LogP contribution >= 0.6 is 11.3 Å². The third kappa shape index (κ3) is 2.20. The first-order valence-electron chi connectivity index (χ1n) is 5.76. The Labute approximate surface area is 113 Å². The number of nitrogens with zero attached hydrogens (tertiary/aromatic N) is 2. The highest BCUT2D eigenvalue weighted by Gasteiger charge is 2.10. The highest BCUT2D eigenvalue weighted by Crippen LogP contribution is 2.13. The molecular weight excluding hydrogens is 260 g/mol. The van der Waals surface area contributed by atoms with E-state index in [0.29, 0.717) is 15.8 Å². The Morgan fingerprint density at radius 2 is 2.00 bits per heavy atom. The maximum absolute atomic E-state index is 12.1. The highest BCUT2D eigenvalue weighted by atomic mass is 32.1. The van der Waals surface area contributed by atoms with Crippen molar-refractivity contribution in [2.45, 2.75) is 6.54 Å². The first-order chi connectivity index (χ1) is 9.25. The van der Waals surface area contributed by atoms with Gasteiger partial charge in [0.05, 0.1) is 18.4 Å². The van der Waals surface area contributed by atoms with Gasteiger partial charge in [0.15, 0.2) is 5.78 Å². The predicted molar refractivity (Wildman–Crippen MR) is 74.7 cm³/mol. The summed E-state index contributed by atoms with van der Waals surface area (Å²) in [5, 5.41) is 1.82. The summed E-state index contributed by atoms with van der Waals surface area (Å²) >= 11 is 1.34. The summed E-state index contributed by atoms with van der Waals surface area (Å²) < 4.78 is 1.94. The van der Waals surface area contributed by atoms with Crippen LogP contribution in [0.3, 0.4) is 0 Å². The Kier molecular flexibility index (Phi) is 2.97. The lowest BCUT2D eigenvalue weighted by Gasteiger charge is -2.04. The van der Waals surface area contributed by atoms with Gasteiger partial charge in [-0.1, -0.05) is 30.3 Å². The molecule has 0 atom stereocenters. The average molecular weight is 270 g/mol. The van der Waals surface area contributed by atoms with Crippen LogP contribution in [0.15, 0.2) is 52.9 Å². The Balaban J connectivity index is 1.96. The number of hydrogen-bond donors (Lipinski definition) is 0. The largest absolute Gasteiger partial charge is 0.292 e. The molecule has 0 saturated carbocycles. The molecule has 0 aliphatic carbocycles. The van der Waals surface area contributed by atoms with E-state index in [2.05, 4.69) is 4.98 Å². The van der Waals surface area contributed by atoms with E-state index >= 15 is 0 Å². The average Bonchev–Trinajstić information content (AvgIpc) is 2.92. The first kappa shape index (κ1) is 11.8. The van der Waals surface area contributed by atoms with Crippen LogP contribution in [0.1, 0.15) is 10.4 Å². The second-order valence-electron chi connectivity index (χ2n) is 4.10. The summed E-state index contributed by atoms with van der Waals surface area (Å²) in [5.41, 5.74) is 1.11. The van der Waals surface area contributed by atoms with Crippen molar-refractivity contribution in [2.24, 2.45) is 0 Å². The third-order valence-corrected chi connectivity index (χ3v) is 3.74. The van der Waals surface area contributed by atoms with Crippen molar-refractivity contribution in [3.8, 4) is 0 Å². The van der Waals surface area contributed by atoms with Crippen LogP contribution < -0.4 is 5.56 Å². The van der Waals surface area contributed by atoms with Gasteiger partial charge in [-0.05, 0) is 11.4 Å². The van der Waals surface area contributed by atoms with Gasteiger partial charge in [0.25, 0.3) is 5.56 Å². The van der Waals surface area contributed by atoms with Crippen molar-refractivity contribution in [1.29, 1.82) is 0 Å². The summed E-state index contributed by atoms with van der Waals surface area (Å²) in [7, 11) is 0. The lowest BCUT2D eigenvalue weighted by Crippen LogP contribution is -2.24. The van der Waals surface area contributed by atoms with E-state index in [9.17, 15) is 9.59 Å². The van der Waals surface area contributed by atoms with E-state index in [4.69, 9.17) is 0 Å². The zero-order valence-electron chi connectivity index (χ0n) is 9.95. The molecule has 0 N–H and O–H groups in total. The molecule has 4 nitrogen and oxygen atoms in total. The molecule has 0 aliphatic rings. The molecule has 19 heavy (non-hydrogen) atoms. The molecule has 0 saturated heterocycles. The van der Waals surface area contributed by atoms with Gasteiger partial charge < -0.3 is 0 Å². The number of carbonyl (C=O) groups is 1. The monoisotopic (exact) mass is 270 g/mol. The molecule has 1 aromatic carbocycles. The molecule has 0 spiro atoms. The van der Waals surface area contributed by atoms with E-state index in [0.717, 1.165) is 0 Å². The molecule has 3 rings (SSSR count). The Bertz CT molecular complexity index is 790. The lowest BCUT2D eigenvalue weighted by atomic mass is 10.1. The zero-order valence-corrected chi connectivity index (χ0v) is 10.8. The molecule has 2 heterocycles. The van der Waals surface area contributed by atoms with Gasteiger partial charge in [0, 0.05) is 5.56 Å². The molecule has 94 valence electrons. The molecule has 0 unspecified atom stereocenters. The van der Waals surface area contributed by atoms with Crippen molar-refractivity contribution < 1.29 is 4.79 Å². The smallest absolute Gasteiger partial charge is 0.271 e. The number of fused-ring (bicyclic) bond motifs is 1. The number of hydrogen-bond acceptors (Lipinski definition) is 4. The topological polar surface area (TPSA) is 52.0 Å². The van der Waals surface area contributed by atoms with Crippen molar-refractivity contribution in [2.75, 3.05) is 0 Å². The molecule has 0 bridgehead atoms. The number of Topliss-reactive ketones (excluding diaryl/α,β-unsaturated/α-hetero) is 1. The first-order valence-corrected chi connectivity index (χ1v) is 6.64. The van der Waals surface area contributed by atoms with Gasteiger partial charge in [-0.3, -0.25) is 14.2 Å². The number of rotatable bonds is 3. The van der Waals surface area contributed by atoms with E-state index in [1.54, 1.807) is 30.3 Å². The number of benzene rings is 1. The summed E-state index contributed by atoms with van der Waals surface area (Å²) in [5.74, 6) is -0.0968. The van der Waals surface area contributed by atoms with Gasteiger partial charge >= 0.3 is 0 Å². The van der Waals surface area contributed by atoms with Crippen molar-refractivity contribution in [3.63, 3.8) is 0 Å². The molecule has 2 aromatic heterocycles. The minimum Gasteiger partial charge on any atom is -0.292 e. The quantitative estimate of drug-likeness (QED) is 0.686. The molecule has 0 radical (unpaired) electrons. The van der Waals surface area contributed by atoms with Gasteiger partial charge in [-0.15, -0.1) is 11.3 Å². The summed E-state index contributed by atoms with van der Waals surface area (Å²) in [4.78, 5) is 28.4. The SMILES string of the molecule is O=C(Cn1cnc2ccsc2c1=O)c1ccccc1. The fourth-order valence-electron chi connectivity index (χ4n) is 1.86. The van der Waals surface area contributed by atoms with Gasteiger partial charge in [0.2, 0.25) is 0 Å². The third-order valence-electron chi connectivity index (χ3n) is 2.85. The van der Waals surface area contributed by atoms with E-state index in [1.165, 1.54) is 22.2 Å². The number of aromatic nitrogens is 2. The van der Waals surface area contributed by atoms with Crippen LogP contribution in [-0.4, -0.2) is 15.3 Å². The van der Waals surface area contributed by atoms with Crippen LogP contribution in [-0.2, 0) is 6.54 Å². The highest BCUT2D eigenvalue weighted by molar-refractivity contribution is 7.17.